The van der Waals surface area contributed by atoms with Crippen LogP contribution in [0.2, 0.25) is 0 Å². The van der Waals surface area contributed by atoms with Gasteiger partial charge in [-0.2, -0.15) is 0 Å². The Bertz CT molecular complexity index is 520. The monoisotopic (exact) mass is 306 g/mol. The summed E-state index contributed by atoms with van der Waals surface area (Å²) in [4.78, 5) is 28.2. The largest absolute Gasteiger partial charge is 0.340 e. The summed E-state index contributed by atoms with van der Waals surface area (Å²) >= 11 is 1.67. The van der Waals surface area contributed by atoms with Crippen LogP contribution in [0.5, 0.6) is 0 Å². The standard InChI is InChI=1S/C16H22N2O2S/c1-2-6-12(13-7-5-10-21-13)18-11-14(19)17-16(15(18)20)8-3-4-9-16/h5,7,10,12H,2-4,6,8-9,11H2,1H3,(H,17,19). The molecule has 0 bridgehead atoms. The number of nitrogens with one attached hydrogen (secondary N) is 1. The Labute approximate surface area is 129 Å². The van der Waals surface area contributed by atoms with E-state index in [0.29, 0.717) is 0 Å². The molecule has 2 amide bonds. The number of nitrogens with zero attached hydrogens (tertiary/aromatic N) is 1. The first kappa shape index (κ1) is 14.6. The molecule has 2 aliphatic rings. The summed E-state index contributed by atoms with van der Waals surface area (Å²) in [6.07, 6.45) is 5.54. The summed E-state index contributed by atoms with van der Waals surface area (Å²) in [7, 11) is 0. The van der Waals surface area contributed by atoms with E-state index >= 15 is 0 Å². The highest BCUT2D eigenvalue weighted by atomic mass is 32.1. The lowest BCUT2D eigenvalue weighted by Gasteiger charge is -2.43. The number of thiophene rings is 1. The molecule has 114 valence electrons. The second-order valence-electron chi connectivity index (χ2n) is 6.09. The summed E-state index contributed by atoms with van der Waals surface area (Å²) < 4.78 is 0. The van der Waals surface area contributed by atoms with Gasteiger partial charge in [-0.15, -0.1) is 11.3 Å². The molecular weight excluding hydrogens is 284 g/mol. The van der Waals surface area contributed by atoms with Gasteiger partial charge in [0.15, 0.2) is 0 Å². The van der Waals surface area contributed by atoms with Crippen LogP contribution >= 0.6 is 11.3 Å². The van der Waals surface area contributed by atoms with E-state index in [0.717, 1.165) is 38.5 Å². The number of hydrogen-bond acceptors (Lipinski definition) is 3. The molecule has 1 aliphatic heterocycles. The molecule has 3 rings (SSSR count). The zero-order chi connectivity index (χ0) is 14.9. The van der Waals surface area contributed by atoms with Crippen LogP contribution in [0.4, 0.5) is 0 Å². The summed E-state index contributed by atoms with van der Waals surface area (Å²) in [5.74, 6) is 0.126. The van der Waals surface area contributed by atoms with E-state index in [1.54, 1.807) is 11.3 Å². The highest BCUT2D eigenvalue weighted by molar-refractivity contribution is 7.10. The number of carbonyl (C=O) groups is 2. The molecule has 0 radical (unpaired) electrons. The first-order valence-corrected chi connectivity index (χ1v) is 8.70. The minimum absolute atomic E-state index is 0.00541. The van der Waals surface area contributed by atoms with Crippen molar-refractivity contribution in [1.82, 2.24) is 10.2 Å². The molecule has 5 heteroatoms. The van der Waals surface area contributed by atoms with E-state index in [-0.39, 0.29) is 24.4 Å². The highest BCUT2D eigenvalue weighted by Crippen LogP contribution is 2.38. The molecule has 1 aromatic rings. The second-order valence-corrected chi connectivity index (χ2v) is 7.07. The van der Waals surface area contributed by atoms with E-state index in [1.165, 1.54) is 4.88 Å². The molecule has 1 unspecified atom stereocenters. The van der Waals surface area contributed by atoms with Crippen LogP contribution < -0.4 is 5.32 Å². The average Bonchev–Trinajstić information content (AvgIpc) is 3.12. The summed E-state index contributed by atoms with van der Waals surface area (Å²) in [5.41, 5.74) is -0.613. The van der Waals surface area contributed by atoms with Crippen molar-refractivity contribution in [2.45, 2.75) is 57.0 Å². The van der Waals surface area contributed by atoms with Gasteiger partial charge in [0.25, 0.3) is 0 Å². The lowest BCUT2D eigenvalue weighted by Crippen LogP contribution is -2.65. The van der Waals surface area contributed by atoms with Gasteiger partial charge in [-0.1, -0.05) is 32.3 Å². The minimum atomic E-state index is -0.613. The third-order valence-corrected chi connectivity index (χ3v) is 5.60. The fourth-order valence-electron chi connectivity index (χ4n) is 3.64. The molecule has 1 spiro atoms. The van der Waals surface area contributed by atoms with Gasteiger partial charge in [0, 0.05) is 4.88 Å². The predicted octanol–water partition coefficient (Wildman–Crippen LogP) is 2.86. The average molecular weight is 306 g/mol. The van der Waals surface area contributed by atoms with Crippen molar-refractivity contribution >= 4 is 23.2 Å². The number of piperazine rings is 1. The lowest BCUT2D eigenvalue weighted by atomic mass is 9.91. The molecule has 1 aliphatic carbocycles. The van der Waals surface area contributed by atoms with Gasteiger partial charge in [-0.05, 0) is 30.7 Å². The number of rotatable bonds is 4. The van der Waals surface area contributed by atoms with E-state index in [9.17, 15) is 9.59 Å². The maximum Gasteiger partial charge on any atom is 0.249 e. The number of amides is 2. The van der Waals surface area contributed by atoms with Crippen molar-refractivity contribution in [3.05, 3.63) is 22.4 Å². The summed E-state index contributed by atoms with van der Waals surface area (Å²) in [6, 6.07) is 4.14. The summed E-state index contributed by atoms with van der Waals surface area (Å²) in [6.45, 7) is 2.32. The van der Waals surface area contributed by atoms with Crippen molar-refractivity contribution in [3.8, 4) is 0 Å². The third kappa shape index (κ3) is 2.59. The van der Waals surface area contributed by atoms with Gasteiger partial charge < -0.3 is 10.2 Å². The minimum Gasteiger partial charge on any atom is -0.340 e. The fourth-order valence-corrected chi connectivity index (χ4v) is 4.51. The molecule has 4 nitrogen and oxygen atoms in total. The van der Waals surface area contributed by atoms with Crippen molar-refractivity contribution in [2.24, 2.45) is 0 Å². The first-order chi connectivity index (χ1) is 10.2. The Morgan fingerprint density at radius 1 is 1.38 bits per heavy atom. The smallest absolute Gasteiger partial charge is 0.249 e. The molecule has 1 aromatic heterocycles. The van der Waals surface area contributed by atoms with Crippen LogP contribution in [-0.2, 0) is 9.59 Å². The van der Waals surface area contributed by atoms with E-state index in [4.69, 9.17) is 0 Å². The zero-order valence-electron chi connectivity index (χ0n) is 12.4. The zero-order valence-corrected chi connectivity index (χ0v) is 13.2. The Kier molecular flexibility index (Phi) is 4.02. The molecule has 21 heavy (non-hydrogen) atoms. The second kappa shape index (κ2) is 5.79. The van der Waals surface area contributed by atoms with Gasteiger partial charge in [0.05, 0.1) is 6.04 Å². The maximum atomic E-state index is 13.0. The van der Waals surface area contributed by atoms with Crippen molar-refractivity contribution in [1.29, 1.82) is 0 Å². The SMILES string of the molecule is CCCC(c1cccs1)N1CC(=O)NC2(CCCC2)C1=O. The molecular formula is C16H22N2O2S. The third-order valence-electron chi connectivity index (χ3n) is 4.63. The van der Waals surface area contributed by atoms with Crippen LogP contribution in [0.1, 0.15) is 56.4 Å². The highest BCUT2D eigenvalue weighted by Gasteiger charge is 2.49. The van der Waals surface area contributed by atoms with Crippen molar-refractivity contribution in [3.63, 3.8) is 0 Å². The summed E-state index contributed by atoms with van der Waals surface area (Å²) in [5, 5.41) is 5.03. The van der Waals surface area contributed by atoms with Gasteiger partial charge >= 0.3 is 0 Å². The van der Waals surface area contributed by atoms with Gasteiger partial charge in [-0.3, -0.25) is 9.59 Å². The lowest BCUT2D eigenvalue weighted by molar-refractivity contribution is -0.152. The normalized spacial score (nSPS) is 22.6. The van der Waals surface area contributed by atoms with Gasteiger partial charge in [-0.25, -0.2) is 0 Å². The van der Waals surface area contributed by atoms with Gasteiger partial charge in [0.1, 0.15) is 12.1 Å². The van der Waals surface area contributed by atoms with Crippen LogP contribution in [-0.4, -0.2) is 28.8 Å². The predicted molar refractivity (Wildman–Crippen MR) is 83.0 cm³/mol. The Balaban J connectivity index is 1.91. The molecule has 1 saturated carbocycles. The van der Waals surface area contributed by atoms with E-state index in [1.807, 2.05) is 16.3 Å². The first-order valence-electron chi connectivity index (χ1n) is 7.82. The Hall–Kier alpha value is -1.36. The van der Waals surface area contributed by atoms with Crippen molar-refractivity contribution < 1.29 is 9.59 Å². The molecule has 1 atom stereocenters. The van der Waals surface area contributed by atoms with Gasteiger partial charge in [0.2, 0.25) is 11.8 Å². The van der Waals surface area contributed by atoms with Crippen LogP contribution in [0.25, 0.3) is 0 Å². The topological polar surface area (TPSA) is 49.4 Å². The molecule has 0 aromatic carbocycles. The van der Waals surface area contributed by atoms with Crippen LogP contribution in [0.3, 0.4) is 0 Å². The quantitative estimate of drug-likeness (QED) is 0.930. The molecule has 1 saturated heterocycles. The van der Waals surface area contributed by atoms with E-state index in [2.05, 4.69) is 18.3 Å². The Morgan fingerprint density at radius 3 is 2.76 bits per heavy atom. The van der Waals surface area contributed by atoms with E-state index < -0.39 is 5.54 Å². The Morgan fingerprint density at radius 2 is 2.14 bits per heavy atom. The molecule has 2 fully saturated rings. The maximum absolute atomic E-state index is 13.0. The molecule has 1 N–H and O–H groups in total. The van der Waals surface area contributed by atoms with Crippen LogP contribution in [0, 0.1) is 0 Å². The number of carbonyl (C=O) groups excluding carboxylic acids is 2. The van der Waals surface area contributed by atoms with Crippen molar-refractivity contribution in [2.75, 3.05) is 6.54 Å². The van der Waals surface area contributed by atoms with Crippen LogP contribution in [0.15, 0.2) is 17.5 Å². The fraction of sp³-hybridized carbons (Fsp3) is 0.625. The molecule has 2 heterocycles. The number of hydrogen-bond donors (Lipinski definition) is 1.